The zero-order chi connectivity index (χ0) is 9.44. The average Bonchev–Trinajstić information content (AvgIpc) is 1.89. The highest BCUT2D eigenvalue weighted by molar-refractivity contribution is 4.77. The molecule has 0 aliphatic rings. The second kappa shape index (κ2) is 13.7. The lowest BCUT2D eigenvalue weighted by molar-refractivity contribution is 0.113. The summed E-state index contributed by atoms with van der Waals surface area (Å²) in [4.78, 5) is 0. The van der Waals surface area contributed by atoms with E-state index in [2.05, 4.69) is 0 Å². The molecule has 0 amide bonds. The lowest BCUT2D eigenvalue weighted by Crippen LogP contribution is -1.88. The van der Waals surface area contributed by atoms with E-state index < -0.39 is 25.3 Å². The summed E-state index contributed by atoms with van der Waals surface area (Å²) < 4.78 is 72.3. The van der Waals surface area contributed by atoms with Crippen molar-refractivity contribution >= 4 is 0 Å². The predicted molar refractivity (Wildman–Crippen MR) is 34.8 cm³/mol. The molecule has 0 N–H and O–H groups in total. The first-order valence-electron chi connectivity index (χ1n) is 2.12. The quantitative estimate of drug-likeness (QED) is 0.582. The number of rotatable bonds is 1. The first kappa shape index (κ1) is 22.8. The van der Waals surface area contributed by atoms with Crippen LogP contribution in [0.3, 0.4) is 0 Å². The third-order valence-corrected chi connectivity index (χ3v) is 0.259. The number of alkyl halides is 3. The summed E-state index contributed by atoms with van der Waals surface area (Å²) in [5.74, 6) is 0. The topological polar surface area (TPSA) is 0 Å². The minimum atomic E-state index is -2.91. The molecule has 0 heterocycles. The Morgan fingerprint density at radius 1 is 1.00 bits per heavy atom. The maximum absolute atomic E-state index is 10.4. The second-order valence-corrected chi connectivity index (χ2v) is 1.07. The van der Waals surface area contributed by atoms with Gasteiger partial charge in [0.15, 0.2) is 6.67 Å². The van der Waals surface area contributed by atoms with E-state index in [-0.39, 0.29) is 13.6 Å². The van der Waals surface area contributed by atoms with Crippen molar-refractivity contribution in [1.29, 1.82) is 0 Å². The number of hydrogen-bond acceptors (Lipinski definition) is 0. The molecule has 0 atom stereocenters. The van der Waals surface area contributed by atoms with E-state index in [0.717, 1.165) is 0 Å². The van der Waals surface area contributed by atoms with Crippen LogP contribution in [0.2, 0.25) is 0 Å². The van der Waals surface area contributed by atoms with Crippen LogP contribution in [0.5, 0.6) is 0 Å². The fourth-order valence-corrected chi connectivity index (χ4v) is 0. The summed E-state index contributed by atoms with van der Waals surface area (Å²) in [5, 5.41) is 0. The molecule has 0 fully saturated rings. The average molecular weight is 222 g/mol. The molecule has 0 spiro atoms. The lowest BCUT2D eigenvalue weighted by Gasteiger charge is -1.78. The molecule has 0 aromatic rings. The largest absolute Gasteiger partial charge is 0.334 e. The Kier molecular flexibility index (Phi) is 24.1. The van der Waals surface area contributed by atoms with Crippen LogP contribution < -0.4 is 0 Å². The molecule has 0 saturated heterocycles. The van der Waals surface area contributed by atoms with Crippen LogP contribution in [-0.4, -0.2) is 13.1 Å². The Balaban J connectivity index is -0.0000000321. The van der Waals surface area contributed by atoms with E-state index in [1.54, 1.807) is 0 Å². The first-order chi connectivity index (χ1) is 4.91. The van der Waals surface area contributed by atoms with Gasteiger partial charge in [0.25, 0.3) is 6.43 Å². The van der Waals surface area contributed by atoms with E-state index in [0.29, 0.717) is 0 Å². The Bertz CT molecular complexity index is 107. The molecule has 0 aliphatic heterocycles. The van der Waals surface area contributed by atoms with Crippen LogP contribution in [-0.2, 0) is 0 Å². The summed E-state index contributed by atoms with van der Waals surface area (Å²) in [7, 11) is 0. The number of halogens is 8. The Morgan fingerprint density at radius 2 is 1.15 bits per heavy atom. The van der Waals surface area contributed by atoms with E-state index >= 15 is 0 Å². The zero-order valence-electron chi connectivity index (χ0n) is 5.34. The van der Waals surface area contributed by atoms with Crippen molar-refractivity contribution in [2.75, 3.05) is 6.67 Å². The first-order valence-corrected chi connectivity index (χ1v) is 2.12. The van der Waals surface area contributed by atoms with Crippen molar-refractivity contribution in [2.45, 2.75) is 13.9 Å². The molecular formula is C5H10F8. The van der Waals surface area contributed by atoms with Gasteiger partial charge in [0.2, 0.25) is 0 Å². The molecule has 0 nitrogen and oxygen atoms in total. The second-order valence-electron chi connectivity index (χ2n) is 1.07. The van der Waals surface area contributed by atoms with Gasteiger partial charge in [-0.3, -0.25) is 4.70 Å². The molecule has 0 aromatic heterocycles. The Morgan fingerprint density at radius 3 is 1.15 bits per heavy atom. The van der Waals surface area contributed by atoms with Gasteiger partial charge in [0.05, 0.1) is 0 Å². The molecule has 86 valence electrons. The van der Waals surface area contributed by atoms with Crippen molar-refractivity contribution < 1.29 is 36.9 Å². The SMILES string of the molecule is C.F.FC(F)=C(F)F.FCC(F)F.[HH]. The summed E-state index contributed by atoms with van der Waals surface area (Å²) in [6.07, 6.45) is -8.60. The van der Waals surface area contributed by atoms with Crippen molar-refractivity contribution in [2.24, 2.45) is 0 Å². The minimum absolute atomic E-state index is 0. The van der Waals surface area contributed by atoms with Gasteiger partial charge < -0.3 is 0 Å². The molecule has 8 heteroatoms. The van der Waals surface area contributed by atoms with Crippen LogP contribution in [0.4, 0.5) is 35.4 Å². The summed E-state index contributed by atoms with van der Waals surface area (Å²) in [6, 6.07) is 0. The third-order valence-electron chi connectivity index (χ3n) is 0.259. The van der Waals surface area contributed by atoms with Crippen molar-refractivity contribution in [1.82, 2.24) is 0 Å². The highest BCUT2D eigenvalue weighted by Crippen LogP contribution is 2.08. The zero-order valence-corrected chi connectivity index (χ0v) is 5.34. The molecule has 13 heavy (non-hydrogen) atoms. The Hall–Kier alpha value is -0.820. The highest BCUT2D eigenvalue weighted by Gasteiger charge is 1.98. The molecule has 0 unspecified atom stereocenters. The summed E-state index contributed by atoms with van der Waals surface area (Å²) in [5.41, 5.74) is 0. The van der Waals surface area contributed by atoms with Crippen LogP contribution >= 0.6 is 0 Å². The highest BCUT2D eigenvalue weighted by atomic mass is 19.3. The standard InChI is InChI=1S/C2F4.C2H3F3.CH4.FH.H2/c3-1(4)2(5)6;3-1-2(4)5;;;/h;2H,1H2;1H4;2*1H. The maximum Gasteiger partial charge on any atom is 0.334 e. The van der Waals surface area contributed by atoms with Crippen molar-refractivity contribution in [3.63, 3.8) is 0 Å². The third kappa shape index (κ3) is 35.1. The lowest BCUT2D eigenvalue weighted by atomic mass is 10.8. The monoisotopic (exact) mass is 222 g/mol. The van der Waals surface area contributed by atoms with Gasteiger partial charge in [-0.05, 0) is 0 Å². The summed E-state index contributed by atoms with van der Waals surface area (Å²) in [6.45, 7) is -1.53. The van der Waals surface area contributed by atoms with E-state index in [9.17, 15) is 30.7 Å². The van der Waals surface area contributed by atoms with Gasteiger partial charge in [-0.15, -0.1) is 0 Å². The van der Waals surface area contributed by atoms with Crippen LogP contribution in [0.1, 0.15) is 8.85 Å². The normalized spacial score (nSPS) is 7.38. The summed E-state index contributed by atoms with van der Waals surface area (Å²) >= 11 is 0. The fraction of sp³-hybridized carbons (Fsp3) is 0.600. The Labute approximate surface area is 70.9 Å². The molecule has 0 aliphatic carbocycles. The van der Waals surface area contributed by atoms with Gasteiger partial charge in [-0.1, -0.05) is 7.43 Å². The van der Waals surface area contributed by atoms with E-state index in [4.69, 9.17) is 0 Å². The molecule has 0 rings (SSSR count). The number of hydrogen-bond donors (Lipinski definition) is 0. The van der Waals surface area contributed by atoms with Gasteiger partial charge in [0.1, 0.15) is 0 Å². The van der Waals surface area contributed by atoms with E-state index in [1.807, 2.05) is 0 Å². The predicted octanol–water partition coefficient (Wildman–Crippen LogP) is 4.25. The van der Waals surface area contributed by atoms with Gasteiger partial charge >= 0.3 is 12.2 Å². The van der Waals surface area contributed by atoms with Crippen LogP contribution in [0.25, 0.3) is 0 Å². The molecule has 0 aromatic carbocycles. The van der Waals surface area contributed by atoms with E-state index in [1.165, 1.54) is 0 Å². The van der Waals surface area contributed by atoms with Crippen LogP contribution in [0.15, 0.2) is 12.2 Å². The minimum Gasteiger partial charge on any atom is -0.269 e. The van der Waals surface area contributed by atoms with Gasteiger partial charge in [-0.25, -0.2) is 13.2 Å². The molecule has 0 bridgehead atoms. The van der Waals surface area contributed by atoms with Crippen LogP contribution in [0, 0.1) is 0 Å². The smallest absolute Gasteiger partial charge is 0.269 e. The molecule has 0 radical (unpaired) electrons. The van der Waals surface area contributed by atoms with Gasteiger partial charge in [0, 0.05) is 1.43 Å². The molecular weight excluding hydrogens is 212 g/mol. The van der Waals surface area contributed by atoms with Crippen molar-refractivity contribution in [3.8, 4) is 0 Å². The maximum atomic E-state index is 10.4. The fourth-order valence-electron chi connectivity index (χ4n) is 0. The molecule has 0 saturated carbocycles. The van der Waals surface area contributed by atoms with Crippen molar-refractivity contribution in [3.05, 3.63) is 12.2 Å². The van der Waals surface area contributed by atoms with Gasteiger partial charge in [-0.2, -0.15) is 17.6 Å².